The molecule has 6 heteroatoms. The summed E-state index contributed by atoms with van der Waals surface area (Å²) >= 11 is 0. The minimum absolute atomic E-state index is 0.306. The van der Waals surface area contributed by atoms with Crippen LogP contribution in [-0.4, -0.2) is 28.1 Å². The van der Waals surface area contributed by atoms with Gasteiger partial charge in [-0.2, -0.15) is 0 Å². The van der Waals surface area contributed by atoms with Crippen molar-refractivity contribution in [3.63, 3.8) is 0 Å². The summed E-state index contributed by atoms with van der Waals surface area (Å²) in [4.78, 5) is 26.3. The standard InChI is InChI=1S/C12H17N3O3/c1-8(11(16)17)9(2)15-12(18)14-7-10-5-3-4-6-13-10/h3-6,8-9H,7H2,1-2H3,(H,16,17)(H2,14,15,18). The van der Waals surface area contributed by atoms with Crippen molar-refractivity contribution in [1.29, 1.82) is 0 Å². The van der Waals surface area contributed by atoms with E-state index in [9.17, 15) is 9.59 Å². The van der Waals surface area contributed by atoms with Crippen LogP contribution in [0.2, 0.25) is 0 Å². The number of pyridine rings is 1. The number of amides is 2. The third-order valence-electron chi connectivity index (χ3n) is 2.65. The molecule has 98 valence electrons. The lowest BCUT2D eigenvalue weighted by atomic mass is 10.0. The van der Waals surface area contributed by atoms with Gasteiger partial charge in [0.05, 0.1) is 18.2 Å². The van der Waals surface area contributed by atoms with Crippen molar-refractivity contribution in [2.75, 3.05) is 0 Å². The first-order valence-electron chi connectivity index (χ1n) is 5.67. The summed E-state index contributed by atoms with van der Waals surface area (Å²) in [5.41, 5.74) is 0.742. The predicted octanol–water partition coefficient (Wildman–Crippen LogP) is 0.990. The summed E-state index contributed by atoms with van der Waals surface area (Å²) in [5.74, 6) is -1.57. The van der Waals surface area contributed by atoms with Crippen LogP contribution in [0.1, 0.15) is 19.5 Å². The van der Waals surface area contributed by atoms with E-state index >= 15 is 0 Å². The second-order valence-corrected chi connectivity index (χ2v) is 4.06. The Morgan fingerprint density at radius 2 is 2.11 bits per heavy atom. The minimum atomic E-state index is -0.937. The lowest BCUT2D eigenvalue weighted by molar-refractivity contribution is -0.141. The third kappa shape index (κ3) is 4.40. The highest BCUT2D eigenvalue weighted by atomic mass is 16.4. The number of nitrogens with zero attached hydrogens (tertiary/aromatic N) is 1. The Balaban J connectivity index is 2.36. The average molecular weight is 251 g/mol. The average Bonchev–Trinajstić information content (AvgIpc) is 2.36. The Labute approximate surface area is 105 Å². The number of aromatic nitrogens is 1. The molecule has 1 heterocycles. The number of rotatable bonds is 5. The highest BCUT2D eigenvalue weighted by Crippen LogP contribution is 2.01. The summed E-state index contributed by atoms with van der Waals surface area (Å²) < 4.78 is 0. The van der Waals surface area contributed by atoms with Gasteiger partial charge in [-0.3, -0.25) is 9.78 Å². The molecule has 18 heavy (non-hydrogen) atoms. The summed E-state index contributed by atoms with van der Waals surface area (Å²) in [6, 6.07) is 4.58. The second-order valence-electron chi connectivity index (χ2n) is 4.06. The molecule has 0 saturated carbocycles. The van der Waals surface area contributed by atoms with Crippen molar-refractivity contribution < 1.29 is 14.7 Å². The fourth-order valence-corrected chi connectivity index (χ4v) is 1.27. The van der Waals surface area contributed by atoms with Gasteiger partial charge < -0.3 is 15.7 Å². The molecule has 6 nitrogen and oxygen atoms in total. The summed E-state index contributed by atoms with van der Waals surface area (Å²) in [5, 5.41) is 14.0. The van der Waals surface area contributed by atoms with E-state index < -0.39 is 24.0 Å². The maximum Gasteiger partial charge on any atom is 0.315 e. The largest absolute Gasteiger partial charge is 0.481 e. The van der Waals surface area contributed by atoms with E-state index in [0.717, 1.165) is 5.69 Å². The van der Waals surface area contributed by atoms with E-state index in [1.165, 1.54) is 0 Å². The molecule has 0 aliphatic rings. The monoisotopic (exact) mass is 251 g/mol. The molecule has 2 unspecified atom stereocenters. The van der Waals surface area contributed by atoms with Crippen LogP contribution in [0.25, 0.3) is 0 Å². The Morgan fingerprint density at radius 3 is 2.67 bits per heavy atom. The first kappa shape index (κ1) is 14.0. The van der Waals surface area contributed by atoms with Crippen LogP contribution < -0.4 is 10.6 Å². The topological polar surface area (TPSA) is 91.3 Å². The normalized spacial score (nSPS) is 13.4. The van der Waals surface area contributed by atoms with E-state index in [1.807, 2.05) is 6.07 Å². The summed E-state index contributed by atoms with van der Waals surface area (Å²) in [7, 11) is 0. The van der Waals surface area contributed by atoms with Crippen LogP contribution in [0.3, 0.4) is 0 Å². The van der Waals surface area contributed by atoms with Gasteiger partial charge in [-0.15, -0.1) is 0 Å². The zero-order valence-electron chi connectivity index (χ0n) is 10.4. The van der Waals surface area contributed by atoms with Crippen molar-refractivity contribution in [1.82, 2.24) is 15.6 Å². The van der Waals surface area contributed by atoms with Crippen LogP contribution >= 0.6 is 0 Å². The summed E-state index contributed by atoms with van der Waals surface area (Å²) in [6.07, 6.45) is 1.64. The van der Waals surface area contributed by atoms with Gasteiger partial charge in [-0.05, 0) is 26.0 Å². The van der Waals surface area contributed by atoms with Crippen LogP contribution in [0.4, 0.5) is 4.79 Å². The highest BCUT2D eigenvalue weighted by molar-refractivity contribution is 5.76. The Bertz CT molecular complexity index is 408. The SMILES string of the molecule is CC(NC(=O)NCc1ccccn1)C(C)C(=O)O. The molecule has 2 atom stereocenters. The highest BCUT2D eigenvalue weighted by Gasteiger charge is 2.20. The molecular formula is C12H17N3O3. The number of aliphatic carboxylic acids is 1. The maximum absolute atomic E-state index is 11.5. The first-order valence-corrected chi connectivity index (χ1v) is 5.67. The lowest BCUT2D eigenvalue weighted by Gasteiger charge is -2.17. The van der Waals surface area contributed by atoms with Crippen molar-refractivity contribution in [3.05, 3.63) is 30.1 Å². The number of nitrogens with one attached hydrogen (secondary N) is 2. The van der Waals surface area contributed by atoms with E-state index in [1.54, 1.807) is 32.2 Å². The van der Waals surface area contributed by atoms with E-state index in [2.05, 4.69) is 15.6 Å². The zero-order valence-corrected chi connectivity index (χ0v) is 10.4. The zero-order chi connectivity index (χ0) is 13.5. The number of hydrogen-bond acceptors (Lipinski definition) is 3. The first-order chi connectivity index (χ1) is 8.50. The van der Waals surface area contributed by atoms with Gasteiger partial charge in [0, 0.05) is 12.2 Å². The molecule has 0 spiro atoms. The summed E-state index contributed by atoms with van der Waals surface area (Å²) in [6.45, 7) is 3.51. The van der Waals surface area contributed by atoms with Gasteiger partial charge in [-0.25, -0.2) is 4.79 Å². The molecule has 0 aliphatic heterocycles. The molecule has 2 amide bonds. The van der Waals surface area contributed by atoms with Gasteiger partial charge in [0.2, 0.25) is 0 Å². The molecule has 1 aromatic heterocycles. The molecule has 0 fully saturated rings. The van der Waals surface area contributed by atoms with Crippen molar-refractivity contribution in [3.8, 4) is 0 Å². The Kier molecular flexibility index (Phi) is 5.10. The van der Waals surface area contributed by atoms with E-state index in [-0.39, 0.29) is 0 Å². The van der Waals surface area contributed by atoms with Crippen LogP contribution in [0, 0.1) is 5.92 Å². The van der Waals surface area contributed by atoms with Gasteiger partial charge >= 0.3 is 12.0 Å². The Hall–Kier alpha value is -2.11. The molecular weight excluding hydrogens is 234 g/mol. The molecule has 0 radical (unpaired) electrons. The van der Waals surface area contributed by atoms with Crippen LogP contribution in [-0.2, 0) is 11.3 Å². The van der Waals surface area contributed by atoms with Crippen molar-refractivity contribution in [2.45, 2.75) is 26.4 Å². The second kappa shape index (κ2) is 6.58. The van der Waals surface area contributed by atoms with Gasteiger partial charge in [0.1, 0.15) is 0 Å². The minimum Gasteiger partial charge on any atom is -0.481 e. The fraction of sp³-hybridized carbons (Fsp3) is 0.417. The Morgan fingerprint density at radius 1 is 1.39 bits per heavy atom. The number of carboxylic acids is 1. The smallest absolute Gasteiger partial charge is 0.315 e. The quantitative estimate of drug-likeness (QED) is 0.727. The number of carbonyl (C=O) groups is 2. The van der Waals surface area contributed by atoms with E-state index in [4.69, 9.17) is 5.11 Å². The molecule has 0 aromatic carbocycles. The lowest BCUT2D eigenvalue weighted by Crippen LogP contribution is -2.45. The molecule has 3 N–H and O–H groups in total. The van der Waals surface area contributed by atoms with Crippen molar-refractivity contribution in [2.24, 2.45) is 5.92 Å². The van der Waals surface area contributed by atoms with Crippen LogP contribution in [0.5, 0.6) is 0 Å². The van der Waals surface area contributed by atoms with Gasteiger partial charge in [-0.1, -0.05) is 6.07 Å². The molecule has 0 aliphatic carbocycles. The number of carboxylic acid groups (broad SMARTS) is 1. The third-order valence-corrected chi connectivity index (χ3v) is 2.65. The molecule has 1 rings (SSSR count). The van der Waals surface area contributed by atoms with Gasteiger partial charge in [0.25, 0.3) is 0 Å². The van der Waals surface area contributed by atoms with Crippen molar-refractivity contribution >= 4 is 12.0 Å². The van der Waals surface area contributed by atoms with Crippen LogP contribution in [0.15, 0.2) is 24.4 Å². The number of hydrogen-bond donors (Lipinski definition) is 3. The molecule has 0 saturated heterocycles. The maximum atomic E-state index is 11.5. The van der Waals surface area contributed by atoms with E-state index in [0.29, 0.717) is 6.54 Å². The number of urea groups is 1. The molecule has 1 aromatic rings. The molecule has 0 bridgehead atoms. The predicted molar refractivity (Wildman–Crippen MR) is 65.9 cm³/mol. The van der Waals surface area contributed by atoms with Gasteiger partial charge in [0.15, 0.2) is 0 Å². The fourth-order valence-electron chi connectivity index (χ4n) is 1.27. The number of carbonyl (C=O) groups excluding carboxylic acids is 1.